The summed E-state index contributed by atoms with van der Waals surface area (Å²) in [5.74, 6) is 0.292. The average Bonchev–Trinajstić information content (AvgIpc) is 3.11. The van der Waals surface area contributed by atoms with Gasteiger partial charge in [-0.2, -0.15) is 0 Å². The number of esters is 2. The molecular formula is C34H45N2O12S2+. The second kappa shape index (κ2) is 23.1. The van der Waals surface area contributed by atoms with Gasteiger partial charge in [-0.15, -0.1) is 8.67 Å². The predicted molar refractivity (Wildman–Crippen MR) is 189 cm³/mol. The number of benzene rings is 1. The molecule has 0 saturated heterocycles. The Morgan fingerprint density at radius 1 is 0.760 bits per heavy atom. The number of ketones is 1. The fraction of sp³-hybridized carbons (Fsp3) is 0.471. The van der Waals surface area contributed by atoms with E-state index >= 15 is 0 Å². The number of carbonyl (C=O) groups is 3. The number of aliphatic hydroxyl groups is 1. The molecule has 2 aliphatic carbocycles. The van der Waals surface area contributed by atoms with Gasteiger partial charge in [-0.05, 0) is 62.1 Å². The minimum atomic E-state index is -0.258. The van der Waals surface area contributed by atoms with Crippen molar-refractivity contribution in [3.8, 4) is 0 Å². The fourth-order valence-corrected chi connectivity index (χ4v) is 6.11. The van der Waals surface area contributed by atoms with Crippen LogP contribution in [0.5, 0.6) is 0 Å². The molecular weight excluding hydrogens is 693 g/mol. The van der Waals surface area contributed by atoms with Gasteiger partial charge in [0.05, 0.1) is 30.8 Å². The number of rotatable bonds is 24. The van der Waals surface area contributed by atoms with Crippen molar-refractivity contribution in [1.29, 1.82) is 0 Å². The minimum Gasteiger partial charge on any atom is -0.506 e. The molecule has 0 spiro atoms. The summed E-state index contributed by atoms with van der Waals surface area (Å²) in [7, 11) is 0. The highest BCUT2D eigenvalue weighted by molar-refractivity contribution is 7.94. The number of aliphatic hydroxyl groups excluding tert-OH is 1. The summed E-state index contributed by atoms with van der Waals surface area (Å²) in [5.41, 5.74) is 3.44. The topological polar surface area (TPSA) is 174 Å². The Hall–Kier alpha value is -3.48. The first kappa shape index (κ1) is 40.9. The van der Waals surface area contributed by atoms with E-state index in [1.54, 1.807) is 38.1 Å². The van der Waals surface area contributed by atoms with Crippen molar-refractivity contribution in [2.75, 3.05) is 55.8 Å². The number of ether oxygens (including phenoxy) is 2. The second-order valence-corrected chi connectivity index (χ2v) is 12.5. The smallest absolute Gasteiger partial charge is 0.306 e. The highest BCUT2D eigenvalue weighted by Crippen LogP contribution is 2.39. The molecule has 16 heteroatoms. The third kappa shape index (κ3) is 13.0. The van der Waals surface area contributed by atoms with Crippen LogP contribution in [0.2, 0.25) is 0 Å². The van der Waals surface area contributed by atoms with Crippen LogP contribution < -0.4 is 4.90 Å². The molecule has 3 N–H and O–H groups in total. The zero-order valence-corrected chi connectivity index (χ0v) is 29.9. The molecule has 274 valence electrons. The highest BCUT2D eigenvalue weighted by Gasteiger charge is 2.36. The Bertz CT molecular complexity index is 1420. The van der Waals surface area contributed by atoms with Gasteiger partial charge in [-0.3, -0.25) is 14.4 Å². The quantitative estimate of drug-likeness (QED) is 0.0220. The molecule has 50 heavy (non-hydrogen) atoms. The number of allylic oxidation sites excluding steroid dienone is 7. The number of Topliss-reactive ketones (excluding diaryl/α,β-unsaturated/α-hetero) is 1. The standard InChI is InChI=1S/C34H44N2O12S2/c1-3-43-29(37)9-5-19-35(21-7-23-49-47-45-41)27-15-11-25(12-16-27)31-33(39)32(34(31)40)26-13-17-28(18-14-26)36(22-8-24-50-48-46-42)20-6-10-30(38)44-4-2/h11-18H,3-10,19-24H2,1-2H3,(H2-,39,41,42)/p+1. The van der Waals surface area contributed by atoms with Crippen molar-refractivity contribution in [1.82, 2.24) is 0 Å². The lowest BCUT2D eigenvalue weighted by molar-refractivity contribution is -0.526. The van der Waals surface area contributed by atoms with E-state index in [9.17, 15) is 19.5 Å². The molecule has 14 nitrogen and oxygen atoms in total. The summed E-state index contributed by atoms with van der Waals surface area (Å²) in [5, 5.41) is 35.0. The first-order valence-corrected chi connectivity index (χ1v) is 18.2. The summed E-state index contributed by atoms with van der Waals surface area (Å²) < 4.78 is 21.1. The Morgan fingerprint density at radius 2 is 1.32 bits per heavy atom. The minimum absolute atomic E-state index is 0.0701. The number of anilines is 1. The molecule has 0 unspecified atom stereocenters. The van der Waals surface area contributed by atoms with E-state index in [1.807, 2.05) is 24.3 Å². The van der Waals surface area contributed by atoms with Gasteiger partial charge in [-0.1, -0.05) is 22.2 Å². The molecule has 0 aliphatic heterocycles. The van der Waals surface area contributed by atoms with Crippen LogP contribution in [0.3, 0.4) is 0 Å². The Kier molecular flexibility index (Phi) is 18.9. The number of hydrogen-bond acceptors (Lipinski definition) is 15. The van der Waals surface area contributed by atoms with Gasteiger partial charge in [0.1, 0.15) is 18.8 Å². The lowest BCUT2D eigenvalue weighted by Gasteiger charge is -2.26. The average molecular weight is 738 g/mol. The maximum absolute atomic E-state index is 13.3. The van der Waals surface area contributed by atoms with Crippen LogP contribution in [0.4, 0.5) is 5.69 Å². The predicted octanol–water partition coefficient (Wildman–Crippen LogP) is 5.83. The molecule has 0 bridgehead atoms. The van der Waals surface area contributed by atoms with Crippen molar-refractivity contribution in [3.05, 3.63) is 71.0 Å². The molecule has 1 aromatic carbocycles. The molecule has 0 atom stereocenters. The van der Waals surface area contributed by atoms with E-state index in [0.29, 0.717) is 87.7 Å². The van der Waals surface area contributed by atoms with Crippen LogP contribution in [-0.4, -0.2) is 94.5 Å². The summed E-state index contributed by atoms with van der Waals surface area (Å²) in [6.45, 7) is 6.66. The highest BCUT2D eigenvalue weighted by atomic mass is 32.2. The number of carbonyl (C=O) groups excluding carboxylic acids is 3. The van der Waals surface area contributed by atoms with Crippen molar-refractivity contribution in [3.63, 3.8) is 0 Å². The zero-order valence-electron chi connectivity index (χ0n) is 28.2. The molecule has 0 saturated carbocycles. The molecule has 0 fully saturated rings. The van der Waals surface area contributed by atoms with Gasteiger partial charge >= 0.3 is 11.9 Å². The van der Waals surface area contributed by atoms with Crippen molar-refractivity contribution in [2.24, 2.45) is 0 Å². The van der Waals surface area contributed by atoms with E-state index in [0.717, 1.165) is 35.5 Å². The van der Waals surface area contributed by atoms with Crippen molar-refractivity contribution < 1.29 is 62.8 Å². The van der Waals surface area contributed by atoms with E-state index in [2.05, 4.69) is 28.2 Å². The summed E-state index contributed by atoms with van der Waals surface area (Å²) in [4.78, 5) is 39.1. The molecule has 0 aromatic heterocycles. The third-order valence-corrected chi connectivity index (χ3v) is 8.89. The van der Waals surface area contributed by atoms with Crippen LogP contribution in [0.15, 0.2) is 65.5 Å². The van der Waals surface area contributed by atoms with Gasteiger partial charge in [-0.25, -0.2) is 15.1 Å². The lowest BCUT2D eigenvalue weighted by atomic mass is 9.80. The fourth-order valence-electron chi connectivity index (χ4n) is 5.39. The second-order valence-electron chi connectivity index (χ2n) is 10.9. The van der Waals surface area contributed by atoms with E-state index in [1.165, 1.54) is 0 Å². The lowest BCUT2D eigenvalue weighted by Crippen LogP contribution is -2.27. The van der Waals surface area contributed by atoms with Gasteiger partial charge in [0, 0.05) is 85.8 Å². The largest absolute Gasteiger partial charge is 0.506 e. The van der Waals surface area contributed by atoms with Gasteiger partial charge in [0.25, 0.3) is 0 Å². The summed E-state index contributed by atoms with van der Waals surface area (Å²) >= 11 is 1.95. The number of nitrogens with zero attached hydrogens (tertiary/aromatic N) is 2. The van der Waals surface area contributed by atoms with Crippen LogP contribution in [-0.2, 0) is 42.6 Å². The van der Waals surface area contributed by atoms with E-state index in [-0.39, 0.29) is 47.5 Å². The van der Waals surface area contributed by atoms with Gasteiger partial charge < -0.3 is 19.5 Å². The molecule has 3 rings (SSSR count). The Labute approximate surface area is 300 Å². The van der Waals surface area contributed by atoms with E-state index in [4.69, 9.17) is 20.0 Å². The van der Waals surface area contributed by atoms with E-state index < -0.39 is 0 Å². The molecule has 0 radical (unpaired) electrons. The van der Waals surface area contributed by atoms with Crippen LogP contribution in [0.25, 0.3) is 5.57 Å². The van der Waals surface area contributed by atoms with Crippen molar-refractivity contribution >= 4 is 58.8 Å². The first-order chi connectivity index (χ1) is 24.3. The molecule has 0 amide bonds. The van der Waals surface area contributed by atoms with Gasteiger partial charge in [0.15, 0.2) is 5.71 Å². The maximum Gasteiger partial charge on any atom is 0.306 e. The SMILES string of the molecule is CCOC(=O)CCCN(CCCSOOO)c1ccc(C2=C(O)C(=C3C=CC(=[N+](CCCSOOO)CCCC(=O)OCC)C=C3)C2=O)cc1. The molecule has 1 aromatic rings. The number of hydrogen-bond donors (Lipinski definition) is 3. The zero-order chi connectivity index (χ0) is 36.1. The summed E-state index contributed by atoms with van der Waals surface area (Å²) in [6, 6.07) is 7.33. The third-order valence-electron chi connectivity index (χ3n) is 7.67. The van der Waals surface area contributed by atoms with Crippen molar-refractivity contribution in [2.45, 2.75) is 52.4 Å². The summed E-state index contributed by atoms with van der Waals surface area (Å²) in [6.07, 6.45) is 10.5. The molecule has 0 heterocycles. The Balaban J connectivity index is 1.72. The van der Waals surface area contributed by atoms with Crippen LogP contribution >= 0.6 is 24.1 Å². The normalized spacial score (nSPS) is 13.9. The van der Waals surface area contributed by atoms with Gasteiger partial charge in [0.2, 0.25) is 5.78 Å². The first-order valence-electron chi connectivity index (χ1n) is 16.4. The Morgan fingerprint density at radius 3 is 1.90 bits per heavy atom. The maximum atomic E-state index is 13.3. The molecule has 2 aliphatic rings. The monoisotopic (exact) mass is 737 g/mol. The van der Waals surface area contributed by atoms with Crippen LogP contribution in [0, 0.1) is 0 Å². The van der Waals surface area contributed by atoms with Crippen LogP contribution in [0.1, 0.15) is 57.9 Å².